The number of nitrogens with one attached hydrogen (secondary N) is 1. The molecule has 2 rings (SSSR count). The molecule has 3 N–H and O–H groups in total. The first kappa shape index (κ1) is 11.0. The lowest BCUT2D eigenvalue weighted by atomic mass is 10.2. The normalized spacial score (nSPS) is 12.9. The van der Waals surface area contributed by atoms with Gasteiger partial charge in [0.2, 0.25) is 5.91 Å². The average Bonchev–Trinajstić information content (AvgIpc) is 2.58. The number of nitrogens with two attached hydrogens (primary N) is 1. The number of rotatable bonds is 3. The van der Waals surface area contributed by atoms with E-state index in [1.807, 2.05) is 25.1 Å². The molecule has 1 atom stereocenters. The number of carbonyl (C=O) groups excluding carboxylic acids is 1. The second kappa shape index (κ2) is 4.17. The van der Waals surface area contributed by atoms with E-state index in [9.17, 15) is 4.79 Å². The highest BCUT2D eigenvalue weighted by Crippen LogP contribution is 2.23. The molecule has 0 unspecified atom stereocenters. The minimum absolute atomic E-state index is 0.276. The summed E-state index contributed by atoms with van der Waals surface area (Å²) in [6.07, 6.45) is 0. The van der Waals surface area contributed by atoms with Gasteiger partial charge in [0.15, 0.2) is 5.16 Å². The van der Waals surface area contributed by atoms with Crippen molar-refractivity contribution in [3.63, 3.8) is 0 Å². The van der Waals surface area contributed by atoms with Crippen LogP contribution in [0.25, 0.3) is 11.0 Å². The maximum atomic E-state index is 10.9. The van der Waals surface area contributed by atoms with Gasteiger partial charge in [0.1, 0.15) is 0 Å². The maximum Gasteiger partial charge on any atom is 0.230 e. The molecular weight excluding hydrogens is 222 g/mol. The molecule has 0 fully saturated rings. The van der Waals surface area contributed by atoms with Crippen molar-refractivity contribution in [3.05, 3.63) is 23.8 Å². The van der Waals surface area contributed by atoms with Gasteiger partial charge >= 0.3 is 0 Å². The molecule has 1 aromatic heterocycles. The summed E-state index contributed by atoms with van der Waals surface area (Å²) in [6.45, 7) is 3.80. The largest absolute Gasteiger partial charge is 0.369 e. The first-order chi connectivity index (χ1) is 7.56. The molecule has 84 valence electrons. The highest BCUT2D eigenvalue weighted by Gasteiger charge is 2.13. The van der Waals surface area contributed by atoms with Crippen molar-refractivity contribution in [2.75, 3.05) is 0 Å². The van der Waals surface area contributed by atoms with Gasteiger partial charge in [-0.05, 0) is 31.5 Å². The molecule has 0 aliphatic rings. The highest BCUT2D eigenvalue weighted by molar-refractivity contribution is 8.00. The Bertz CT molecular complexity index is 535. The van der Waals surface area contributed by atoms with Gasteiger partial charge in [0.25, 0.3) is 0 Å². The lowest BCUT2D eigenvalue weighted by Crippen LogP contribution is -2.22. The Hall–Kier alpha value is -1.49. The SMILES string of the molecule is Cc1ccc2nc(S[C@H](C)C(N)=O)[nH]c2c1. The van der Waals surface area contributed by atoms with Crippen molar-refractivity contribution in [2.24, 2.45) is 5.73 Å². The van der Waals surface area contributed by atoms with Crippen LogP contribution >= 0.6 is 11.8 Å². The lowest BCUT2D eigenvalue weighted by Gasteiger charge is -2.02. The molecule has 0 saturated carbocycles. The van der Waals surface area contributed by atoms with Crippen molar-refractivity contribution in [3.8, 4) is 0 Å². The number of thioether (sulfide) groups is 1. The predicted octanol–water partition coefficient (Wildman–Crippen LogP) is 1.84. The first-order valence-corrected chi connectivity index (χ1v) is 5.86. The fourth-order valence-corrected chi connectivity index (χ4v) is 2.15. The number of hydrogen-bond donors (Lipinski definition) is 2. The molecule has 0 bridgehead atoms. The van der Waals surface area contributed by atoms with Crippen LogP contribution in [-0.2, 0) is 4.79 Å². The number of hydrogen-bond acceptors (Lipinski definition) is 3. The summed E-state index contributed by atoms with van der Waals surface area (Å²) < 4.78 is 0. The molecule has 1 heterocycles. The zero-order valence-electron chi connectivity index (χ0n) is 9.15. The van der Waals surface area contributed by atoms with E-state index in [2.05, 4.69) is 9.97 Å². The van der Waals surface area contributed by atoms with Gasteiger partial charge in [-0.3, -0.25) is 4.79 Å². The Morgan fingerprint density at radius 3 is 3.00 bits per heavy atom. The van der Waals surface area contributed by atoms with Crippen LogP contribution in [0.15, 0.2) is 23.4 Å². The second-order valence-corrected chi connectivity index (χ2v) is 5.05. The number of amides is 1. The van der Waals surface area contributed by atoms with E-state index in [4.69, 9.17) is 5.73 Å². The zero-order chi connectivity index (χ0) is 11.7. The van der Waals surface area contributed by atoms with E-state index in [0.29, 0.717) is 0 Å². The van der Waals surface area contributed by atoms with Crippen molar-refractivity contribution in [1.29, 1.82) is 0 Å². The van der Waals surface area contributed by atoms with E-state index < -0.39 is 0 Å². The van der Waals surface area contributed by atoms with E-state index in [1.54, 1.807) is 6.92 Å². The lowest BCUT2D eigenvalue weighted by molar-refractivity contribution is -0.117. The molecule has 16 heavy (non-hydrogen) atoms. The zero-order valence-corrected chi connectivity index (χ0v) is 9.97. The summed E-state index contributed by atoms with van der Waals surface area (Å²) in [5.41, 5.74) is 8.27. The van der Waals surface area contributed by atoms with E-state index >= 15 is 0 Å². The number of imidazole rings is 1. The Kier molecular flexibility index (Phi) is 2.87. The van der Waals surface area contributed by atoms with E-state index in [-0.39, 0.29) is 11.2 Å². The Balaban J connectivity index is 2.29. The number of primary amides is 1. The summed E-state index contributed by atoms with van der Waals surface area (Å²) in [4.78, 5) is 18.5. The molecular formula is C11H13N3OS. The molecule has 1 aromatic carbocycles. The van der Waals surface area contributed by atoms with Crippen molar-refractivity contribution < 1.29 is 4.79 Å². The summed E-state index contributed by atoms with van der Waals surface area (Å²) in [7, 11) is 0. The van der Waals surface area contributed by atoms with Crippen LogP contribution in [0.1, 0.15) is 12.5 Å². The van der Waals surface area contributed by atoms with Crippen molar-refractivity contribution in [1.82, 2.24) is 9.97 Å². The van der Waals surface area contributed by atoms with Gasteiger partial charge in [0, 0.05) is 0 Å². The smallest absolute Gasteiger partial charge is 0.230 e. The Labute approximate surface area is 97.6 Å². The summed E-state index contributed by atoms with van der Waals surface area (Å²) in [5.74, 6) is -0.332. The van der Waals surface area contributed by atoms with Crippen LogP contribution in [0.4, 0.5) is 0 Å². The topological polar surface area (TPSA) is 71.8 Å². The van der Waals surface area contributed by atoms with Gasteiger partial charge < -0.3 is 10.7 Å². The fourth-order valence-electron chi connectivity index (χ4n) is 1.38. The second-order valence-electron chi connectivity index (χ2n) is 3.73. The number of aromatic nitrogens is 2. The predicted molar refractivity (Wildman–Crippen MR) is 65.3 cm³/mol. The van der Waals surface area contributed by atoms with E-state index in [0.717, 1.165) is 16.2 Å². The third-order valence-electron chi connectivity index (χ3n) is 2.30. The number of carbonyl (C=O) groups is 1. The van der Waals surface area contributed by atoms with Crippen LogP contribution < -0.4 is 5.73 Å². The Morgan fingerprint density at radius 1 is 1.56 bits per heavy atom. The van der Waals surface area contributed by atoms with E-state index in [1.165, 1.54) is 17.3 Å². The molecule has 4 nitrogen and oxygen atoms in total. The quantitative estimate of drug-likeness (QED) is 0.797. The molecule has 0 radical (unpaired) electrons. The molecule has 0 aliphatic heterocycles. The average molecular weight is 235 g/mol. The molecule has 2 aromatic rings. The number of H-pyrrole nitrogens is 1. The highest BCUT2D eigenvalue weighted by atomic mass is 32.2. The van der Waals surface area contributed by atoms with Crippen molar-refractivity contribution in [2.45, 2.75) is 24.3 Å². The standard InChI is InChI=1S/C11H13N3OS/c1-6-3-4-8-9(5-6)14-11(13-8)16-7(2)10(12)15/h3-5,7H,1-2H3,(H2,12,15)(H,13,14)/t7-/m1/s1. The molecule has 5 heteroatoms. The minimum atomic E-state index is -0.332. The van der Waals surface area contributed by atoms with Crippen LogP contribution in [0.2, 0.25) is 0 Å². The number of aryl methyl sites for hydroxylation is 1. The third kappa shape index (κ3) is 2.19. The molecule has 1 amide bonds. The number of benzene rings is 1. The number of nitrogens with zero attached hydrogens (tertiary/aromatic N) is 1. The van der Waals surface area contributed by atoms with Crippen LogP contribution in [0.5, 0.6) is 0 Å². The van der Waals surface area contributed by atoms with Gasteiger partial charge in [0.05, 0.1) is 16.3 Å². The van der Waals surface area contributed by atoms with Crippen LogP contribution in [0.3, 0.4) is 0 Å². The summed E-state index contributed by atoms with van der Waals surface area (Å²) in [6, 6.07) is 6.00. The summed E-state index contributed by atoms with van der Waals surface area (Å²) >= 11 is 1.34. The Morgan fingerprint density at radius 2 is 2.31 bits per heavy atom. The molecule has 0 saturated heterocycles. The maximum absolute atomic E-state index is 10.9. The first-order valence-electron chi connectivity index (χ1n) is 4.98. The van der Waals surface area contributed by atoms with Gasteiger partial charge in [-0.25, -0.2) is 4.98 Å². The third-order valence-corrected chi connectivity index (χ3v) is 3.31. The fraction of sp³-hybridized carbons (Fsp3) is 0.273. The van der Waals surface area contributed by atoms with Crippen LogP contribution in [0, 0.1) is 6.92 Å². The van der Waals surface area contributed by atoms with Gasteiger partial charge in [-0.1, -0.05) is 17.8 Å². The monoisotopic (exact) mass is 235 g/mol. The number of fused-ring (bicyclic) bond motifs is 1. The van der Waals surface area contributed by atoms with Crippen LogP contribution in [-0.4, -0.2) is 21.1 Å². The van der Waals surface area contributed by atoms with Gasteiger partial charge in [-0.15, -0.1) is 0 Å². The number of aromatic amines is 1. The van der Waals surface area contributed by atoms with Crippen molar-refractivity contribution >= 4 is 28.7 Å². The molecule has 0 spiro atoms. The molecule has 0 aliphatic carbocycles. The van der Waals surface area contributed by atoms with Gasteiger partial charge in [-0.2, -0.15) is 0 Å². The minimum Gasteiger partial charge on any atom is -0.369 e. The summed E-state index contributed by atoms with van der Waals surface area (Å²) in [5, 5.41) is 0.452.